The normalized spacial score (nSPS) is 13.7. The number of nitrogens with one attached hydrogen (secondary N) is 2. The molecule has 0 unspecified atom stereocenters. The van der Waals surface area contributed by atoms with Gasteiger partial charge >= 0.3 is 0 Å². The van der Waals surface area contributed by atoms with E-state index in [1.807, 2.05) is 37.3 Å². The van der Waals surface area contributed by atoms with E-state index in [0.717, 1.165) is 25.1 Å². The van der Waals surface area contributed by atoms with Crippen LogP contribution in [0.3, 0.4) is 0 Å². The highest BCUT2D eigenvalue weighted by Gasteiger charge is 2.12. The van der Waals surface area contributed by atoms with Crippen LogP contribution in [0.15, 0.2) is 36.5 Å². The molecular formula is C16H17N3O. The average molecular weight is 267 g/mol. The zero-order valence-electron chi connectivity index (χ0n) is 11.4. The standard InChI is InChI=1S/C16H17N3O/c1-11-2-5-15(18-9-11)19-16(20)13-3-4-14-10-17-7-6-12(14)8-13/h2-5,8-9,17H,6-7,10H2,1H3,(H,18,19,20). The Morgan fingerprint density at radius 3 is 2.95 bits per heavy atom. The number of aromatic nitrogens is 1. The van der Waals surface area contributed by atoms with E-state index in [-0.39, 0.29) is 5.91 Å². The van der Waals surface area contributed by atoms with Gasteiger partial charge in [0.15, 0.2) is 0 Å². The molecule has 0 spiro atoms. The van der Waals surface area contributed by atoms with Crippen molar-refractivity contribution in [3.63, 3.8) is 0 Å². The van der Waals surface area contributed by atoms with Crippen molar-refractivity contribution in [2.24, 2.45) is 0 Å². The van der Waals surface area contributed by atoms with Gasteiger partial charge in [-0.3, -0.25) is 4.79 Å². The molecule has 2 heterocycles. The summed E-state index contributed by atoms with van der Waals surface area (Å²) in [4.78, 5) is 16.4. The van der Waals surface area contributed by atoms with E-state index in [2.05, 4.69) is 15.6 Å². The number of nitrogens with zero attached hydrogens (tertiary/aromatic N) is 1. The fourth-order valence-electron chi connectivity index (χ4n) is 2.35. The summed E-state index contributed by atoms with van der Waals surface area (Å²) >= 11 is 0. The van der Waals surface area contributed by atoms with E-state index >= 15 is 0 Å². The summed E-state index contributed by atoms with van der Waals surface area (Å²) in [7, 11) is 0. The lowest BCUT2D eigenvalue weighted by Gasteiger charge is -2.17. The van der Waals surface area contributed by atoms with Crippen molar-refractivity contribution in [1.82, 2.24) is 10.3 Å². The second-order valence-electron chi connectivity index (χ2n) is 5.09. The van der Waals surface area contributed by atoms with Crippen molar-refractivity contribution < 1.29 is 4.79 Å². The van der Waals surface area contributed by atoms with E-state index in [0.29, 0.717) is 11.4 Å². The van der Waals surface area contributed by atoms with Gasteiger partial charge in [-0.2, -0.15) is 0 Å². The summed E-state index contributed by atoms with van der Waals surface area (Å²) < 4.78 is 0. The molecule has 1 amide bonds. The number of anilines is 1. The number of carbonyl (C=O) groups excluding carboxylic acids is 1. The summed E-state index contributed by atoms with van der Waals surface area (Å²) in [5, 5.41) is 6.15. The zero-order chi connectivity index (χ0) is 13.9. The molecule has 4 heteroatoms. The van der Waals surface area contributed by atoms with Gasteiger partial charge in [-0.15, -0.1) is 0 Å². The first kappa shape index (κ1) is 12.8. The molecule has 1 aliphatic rings. The number of amides is 1. The molecule has 0 bridgehead atoms. The molecule has 0 fully saturated rings. The number of rotatable bonds is 2. The van der Waals surface area contributed by atoms with Crippen LogP contribution >= 0.6 is 0 Å². The van der Waals surface area contributed by atoms with Crippen LogP contribution in [0.25, 0.3) is 0 Å². The molecule has 1 aromatic heterocycles. The molecule has 4 nitrogen and oxygen atoms in total. The van der Waals surface area contributed by atoms with Gasteiger partial charge in [0.2, 0.25) is 0 Å². The number of fused-ring (bicyclic) bond motifs is 1. The monoisotopic (exact) mass is 267 g/mol. The van der Waals surface area contributed by atoms with Crippen molar-refractivity contribution in [2.45, 2.75) is 19.9 Å². The molecule has 2 N–H and O–H groups in total. The number of aryl methyl sites for hydroxylation is 1. The molecule has 0 saturated carbocycles. The van der Waals surface area contributed by atoms with Crippen LogP contribution < -0.4 is 10.6 Å². The van der Waals surface area contributed by atoms with Crippen LogP contribution in [0.4, 0.5) is 5.82 Å². The third-order valence-corrected chi connectivity index (χ3v) is 3.51. The summed E-state index contributed by atoms with van der Waals surface area (Å²) in [5.41, 5.74) is 4.30. The first-order valence-electron chi connectivity index (χ1n) is 6.79. The lowest BCUT2D eigenvalue weighted by atomic mass is 9.98. The molecule has 0 saturated heterocycles. The maximum atomic E-state index is 12.2. The molecule has 2 aromatic rings. The molecular weight excluding hydrogens is 250 g/mol. The van der Waals surface area contributed by atoms with E-state index in [1.54, 1.807) is 6.20 Å². The maximum Gasteiger partial charge on any atom is 0.256 e. The number of hydrogen-bond donors (Lipinski definition) is 2. The predicted molar refractivity (Wildman–Crippen MR) is 78.8 cm³/mol. The second kappa shape index (κ2) is 5.43. The van der Waals surface area contributed by atoms with E-state index in [4.69, 9.17) is 0 Å². The Labute approximate surface area is 118 Å². The van der Waals surface area contributed by atoms with Gasteiger partial charge in [-0.05, 0) is 54.8 Å². The van der Waals surface area contributed by atoms with Crippen LogP contribution in [0.2, 0.25) is 0 Å². The van der Waals surface area contributed by atoms with Gasteiger partial charge in [0, 0.05) is 18.3 Å². The molecule has 0 radical (unpaired) electrons. The molecule has 1 aliphatic heterocycles. The molecule has 0 aliphatic carbocycles. The first-order chi connectivity index (χ1) is 9.72. The quantitative estimate of drug-likeness (QED) is 0.877. The Kier molecular flexibility index (Phi) is 3.48. The van der Waals surface area contributed by atoms with Crippen molar-refractivity contribution in [2.75, 3.05) is 11.9 Å². The van der Waals surface area contributed by atoms with E-state index in [9.17, 15) is 4.79 Å². The third-order valence-electron chi connectivity index (χ3n) is 3.51. The minimum absolute atomic E-state index is 0.109. The van der Waals surface area contributed by atoms with Crippen molar-refractivity contribution in [3.05, 3.63) is 58.8 Å². The fourth-order valence-corrected chi connectivity index (χ4v) is 2.35. The summed E-state index contributed by atoms with van der Waals surface area (Å²) in [5.74, 6) is 0.475. The summed E-state index contributed by atoms with van der Waals surface area (Å²) in [6.45, 7) is 3.82. The van der Waals surface area contributed by atoms with Crippen molar-refractivity contribution in [3.8, 4) is 0 Å². The highest BCUT2D eigenvalue weighted by atomic mass is 16.1. The topological polar surface area (TPSA) is 54.0 Å². The van der Waals surface area contributed by atoms with Gasteiger partial charge in [0.1, 0.15) is 5.82 Å². The molecule has 0 atom stereocenters. The van der Waals surface area contributed by atoms with Gasteiger partial charge in [-0.1, -0.05) is 12.1 Å². The van der Waals surface area contributed by atoms with E-state index < -0.39 is 0 Å². The number of carbonyl (C=O) groups is 1. The smallest absolute Gasteiger partial charge is 0.256 e. The molecule has 102 valence electrons. The van der Waals surface area contributed by atoms with Gasteiger partial charge < -0.3 is 10.6 Å². The van der Waals surface area contributed by atoms with Crippen LogP contribution in [-0.2, 0) is 13.0 Å². The van der Waals surface area contributed by atoms with Gasteiger partial charge in [0.05, 0.1) is 0 Å². The minimum Gasteiger partial charge on any atom is -0.312 e. The van der Waals surface area contributed by atoms with Crippen molar-refractivity contribution in [1.29, 1.82) is 0 Å². The number of benzene rings is 1. The van der Waals surface area contributed by atoms with Gasteiger partial charge in [-0.25, -0.2) is 4.98 Å². The lowest BCUT2D eigenvalue weighted by Crippen LogP contribution is -2.24. The Balaban J connectivity index is 1.78. The maximum absolute atomic E-state index is 12.2. The Hall–Kier alpha value is -2.20. The second-order valence-corrected chi connectivity index (χ2v) is 5.09. The van der Waals surface area contributed by atoms with Crippen LogP contribution in [0, 0.1) is 6.92 Å². The number of hydrogen-bond acceptors (Lipinski definition) is 3. The highest BCUT2D eigenvalue weighted by Crippen LogP contribution is 2.17. The predicted octanol–water partition coefficient (Wildman–Crippen LogP) is 2.29. The van der Waals surface area contributed by atoms with Crippen molar-refractivity contribution >= 4 is 11.7 Å². The minimum atomic E-state index is -0.109. The summed E-state index contributed by atoms with van der Waals surface area (Å²) in [6, 6.07) is 9.63. The van der Waals surface area contributed by atoms with Crippen LogP contribution in [-0.4, -0.2) is 17.4 Å². The fraction of sp³-hybridized carbons (Fsp3) is 0.250. The lowest BCUT2D eigenvalue weighted by molar-refractivity contribution is 0.102. The molecule has 1 aromatic carbocycles. The largest absolute Gasteiger partial charge is 0.312 e. The molecule has 20 heavy (non-hydrogen) atoms. The Bertz CT molecular complexity index is 635. The number of pyridine rings is 1. The third kappa shape index (κ3) is 2.70. The average Bonchev–Trinajstić information content (AvgIpc) is 2.49. The summed E-state index contributed by atoms with van der Waals surface area (Å²) in [6.07, 6.45) is 2.72. The Morgan fingerprint density at radius 1 is 1.25 bits per heavy atom. The first-order valence-corrected chi connectivity index (χ1v) is 6.79. The molecule has 3 rings (SSSR count). The highest BCUT2D eigenvalue weighted by molar-refractivity contribution is 6.03. The van der Waals surface area contributed by atoms with Crippen LogP contribution in [0.1, 0.15) is 27.0 Å². The van der Waals surface area contributed by atoms with Crippen LogP contribution in [0.5, 0.6) is 0 Å². The van der Waals surface area contributed by atoms with Gasteiger partial charge in [0.25, 0.3) is 5.91 Å². The van der Waals surface area contributed by atoms with E-state index in [1.165, 1.54) is 11.1 Å². The SMILES string of the molecule is Cc1ccc(NC(=O)c2ccc3c(c2)CCNC3)nc1. The Morgan fingerprint density at radius 2 is 2.15 bits per heavy atom. The zero-order valence-corrected chi connectivity index (χ0v) is 11.4.